The van der Waals surface area contributed by atoms with Crippen molar-refractivity contribution in [1.29, 1.82) is 0 Å². The second-order valence-corrected chi connectivity index (χ2v) is 6.68. The lowest BCUT2D eigenvalue weighted by molar-refractivity contribution is -0.124. The fourth-order valence-electron chi connectivity index (χ4n) is 3.46. The predicted octanol–water partition coefficient (Wildman–Crippen LogP) is 1.63. The molecule has 26 heavy (non-hydrogen) atoms. The second-order valence-electron chi connectivity index (χ2n) is 6.68. The highest BCUT2D eigenvalue weighted by atomic mass is 16.7. The molecule has 3 rings (SSSR count). The standard InChI is InChI=1S/C19H27N3O4/c23-17(21-19(24)20-14-15-6-2-1-3-7-15)9-11-22-10-5-4-8-16(22)18-25-12-13-26-18/h1-3,6-7,16,18H,4-5,8-14H2,(H2,20,21,23,24). The van der Waals surface area contributed by atoms with Gasteiger partial charge in [0.05, 0.1) is 19.3 Å². The van der Waals surface area contributed by atoms with Gasteiger partial charge < -0.3 is 14.8 Å². The molecule has 1 atom stereocenters. The van der Waals surface area contributed by atoms with E-state index in [9.17, 15) is 9.59 Å². The number of likely N-dealkylation sites (tertiary alicyclic amines) is 1. The van der Waals surface area contributed by atoms with Crippen LogP contribution >= 0.6 is 0 Å². The highest BCUT2D eigenvalue weighted by Crippen LogP contribution is 2.24. The fourth-order valence-corrected chi connectivity index (χ4v) is 3.46. The number of carbonyl (C=O) groups is 2. The Balaban J connectivity index is 1.39. The molecule has 7 heteroatoms. The molecular weight excluding hydrogens is 334 g/mol. The summed E-state index contributed by atoms with van der Waals surface area (Å²) in [5.41, 5.74) is 0.989. The summed E-state index contributed by atoms with van der Waals surface area (Å²) in [5.74, 6) is -0.270. The lowest BCUT2D eigenvalue weighted by Crippen LogP contribution is -2.48. The lowest BCUT2D eigenvalue weighted by Gasteiger charge is -2.37. The number of amides is 3. The molecule has 2 aliphatic rings. The van der Waals surface area contributed by atoms with Crippen molar-refractivity contribution in [3.63, 3.8) is 0 Å². The summed E-state index contributed by atoms with van der Waals surface area (Å²) in [5, 5.41) is 5.09. The van der Waals surface area contributed by atoms with Crippen molar-refractivity contribution in [2.24, 2.45) is 0 Å². The van der Waals surface area contributed by atoms with E-state index < -0.39 is 6.03 Å². The van der Waals surface area contributed by atoms with Crippen LogP contribution in [0.5, 0.6) is 0 Å². The van der Waals surface area contributed by atoms with E-state index in [1.807, 2.05) is 30.3 Å². The molecule has 0 aromatic heterocycles. The zero-order chi connectivity index (χ0) is 18.2. The second kappa shape index (κ2) is 9.66. The number of ether oxygens (including phenoxy) is 2. The number of imide groups is 1. The first-order chi connectivity index (χ1) is 12.7. The molecule has 2 saturated heterocycles. The first-order valence-corrected chi connectivity index (χ1v) is 9.31. The molecule has 2 aliphatic heterocycles. The Labute approximate surface area is 154 Å². The molecule has 0 spiro atoms. The van der Waals surface area contributed by atoms with Crippen molar-refractivity contribution in [2.75, 3.05) is 26.3 Å². The Morgan fingerprint density at radius 2 is 1.88 bits per heavy atom. The molecule has 1 aromatic rings. The molecular formula is C19H27N3O4. The van der Waals surface area contributed by atoms with Crippen molar-refractivity contribution in [2.45, 2.75) is 44.6 Å². The van der Waals surface area contributed by atoms with Crippen molar-refractivity contribution in [3.8, 4) is 0 Å². The highest BCUT2D eigenvalue weighted by molar-refractivity contribution is 5.94. The Hall–Kier alpha value is -1.96. The number of urea groups is 1. The number of hydrogen-bond acceptors (Lipinski definition) is 5. The maximum atomic E-state index is 12.1. The van der Waals surface area contributed by atoms with E-state index >= 15 is 0 Å². The Bertz CT molecular complexity index is 590. The van der Waals surface area contributed by atoms with Gasteiger partial charge in [-0.2, -0.15) is 0 Å². The first-order valence-electron chi connectivity index (χ1n) is 9.31. The van der Waals surface area contributed by atoms with Gasteiger partial charge in [0.25, 0.3) is 0 Å². The minimum absolute atomic E-state index is 0.187. The SMILES string of the molecule is O=C(CCN1CCCCC1C1OCCO1)NC(=O)NCc1ccccc1. The van der Waals surface area contributed by atoms with Crippen LogP contribution in [0.15, 0.2) is 30.3 Å². The molecule has 142 valence electrons. The quantitative estimate of drug-likeness (QED) is 0.805. The van der Waals surface area contributed by atoms with E-state index in [0.717, 1.165) is 31.4 Å². The van der Waals surface area contributed by atoms with Crippen LogP contribution in [0, 0.1) is 0 Å². The van der Waals surface area contributed by atoms with Gasteiger partial charge in [0.15, 0.2) is 6.29 Å². The number of carbonyl (C=O) groups excluding carboxylic acids is 2. The molecule has 7 nitrogen and oxygen atoms in total. The van der Waals surface area contributed by atoms with Gasteiger partial charge in [0.1, 0.15) is 0 Å². The van der Waals surface area contributed by atoms with Gasteiger partial charge in [-0.1, -0.05) is 36.8 Å². The molecule has 2 heterocycles. The highest BCUT2D eigenvalue weighted by Gasteiger charge is 2.33. The van der Waals surface area contributed by atoms with Gasteiger partial charge in [-0.3, -0.25) is 15.0 Å². The summed E-state index contributed by atoms with van der Waals surface area (Å²) in [7, 11) is 0. The monoisotopic (exact) mass is 361 g/mol. The Morgan fingerprint density at radius 3 is 2.65 bits per heavy atom. The molecule has 0 radical (unpaired) electrons. The fraction of sp³-hybridized carbons (Fsp3) is 0.579. The predicted molar refractivity (Wildman–Crippen MR) is 96.3 cm³/mol. The minimum Gasteiger partial charge on any atom is -0.349 e. The summed E-state index contributed by atoms with van der Waals surface area (Å²) < 4.78 is 11.3. The molecule has 1 aromatic carbocycles. The van der Waals surface area contributed by atoms with Gasteiger partial charge in [0.2, 0.25) is 5.91 Å². The first kappa shape index (κ1) is 18.8. The number of nitrogens with one attached hydrogen (secondary N) is 2. The molecule has 1 unspecified atom stereocenters. The van der Waals surface area contributed by atoms with Crippen LogP contribution in [0.1, 0.15) is 31.2 Å². The van der Waals surface area contributed by atoms with Crippen LogP contribution in [0.25, 0.3) is 0 Å². The van der Waals surface area contributed by atoms with Crippen LogP contribution in [0.4, 0.5) is 4.79 Å². The van der Waals surface area contributed by atoms with Crippen LogP contribution in [-0.2, 0) is 20.8 Å². The van der Waals surface area contributed by atoms with Crippen molar-refractivity contribution in [3.05, 3.63) is 35.9 Å². The minimum atomic E-state index is -0.462. The third-order valence-electron chi connectivity index (χ3n) is 4.80. The van der Waals surface area contributed by atoms with Gasteiger partial charge in [-0.05, 0) is 24.9 Å². The summed E-state index contributed by atoms with van der Waals surface area (Å²) in [6, 6.07) is 9.32. The smallest absolute Gasteiger partial charge is 0.321 e. The van der Waals surface area contributed by atoms with Gasteiger partial charge in [-0.15, -0.1) is 0 Å². The average Bonchev–Trinajstić information content (AvgIpc) is 3.20. The van der Waals surface area contributed by atoms with Gasteiger partial charge in [-0.25, -0.2) is 4.79 Å². The maximum Gasteiger partial charge on any atom is 0.321 e. The third kappa shape index (κ3) is 5.52. The topological polar surface area (TPSA) is 79.9 Å². The zero-order valence-electron chi connectivity index (χ0n) is 15.0. The number of hydrogen-bond donors (Lipinski definition) is 2. The number of piperidine rings is 1. The maximum absolute atomic E-state index is 12.1. The van der Waals surface area contributed by atoms with Crippen molar-refractivity contribution in [1.82, 2.24) is 15.5 Å². The van der Waals surface area contributed by atoms with Crippen LogP contribution in [0.3, 0.4) is 0 Å². The Morgan fingerprint density at radius 1 is 1.12 bits per heavy atom. The van der Waals surface area contributed by atoms with Gasteiger partial charge >= 0.3 is 6.03 Å². The molecule has 0 aliphatic carbocycles. The average molecular weight is 361 g/mol. The van der Waals surface area contributed by atoms with Crippen LogP contribution in [-0.4, -0.2) is 55.5 Å². The molecule has 3 amide bonds. The zero-order valence-corrected chi connectivity index (χ0v) is 15.0. The van der Waals surface area contributed by atoms with E-state index in [1.54, 1.807) is 0 Å². The van der Waals surface area contributed by atoms with E-state index in [1.165, 1.54) is 0 Å². The van der Waals surface area contributed by atoms with Crippen LogP contribution < -0.4 is 10.6 Å². The van der Waals surface area contributed by atoms with E-state index in [2.05, 4.69) is 15.5 Å². The molecule has 2 N–H and O–H groups in total. The summed E-state index contributed by atoms with van der Waals surface area (Å²) >= 11 is 0. The van der Waals surface area contributed by atoms with Crippen LogP contribution in [0.2, 0.25) is 0 Å². The van der Waals surface area contributed by atoms with Crippen molar-refractivity contribution >= 4 is 11.9 Å². The molecule has 2 fully saturated rings. The molecule has 0 bridgehead atoms. The Kier molecular flexibility index (Phi) is 6.99. The summed E-state index contributed by atoms with van der Waals surface area (Å²) in [6.45, 7) is 3.20. The molecule has 0 saturated carbocycles. The third-order valence-corrected chi connectivity index (χ3v) is 4.80. The normalized spacial score (nSPS) is 21.5. The van der Waals surface area contributed by atoms with E-state index in [4.69, 9.17) is 9.47 Å². The van der Waals surface area contributed by atoms with Crippen molar-refractivity contribution < 1.29 is 19.1 Å². The van der Waals surface area contributed by atoms with E-state index in [-0.39, 0.29) is 24.7 Å². The van der Waals surface area contributed by atoms with Gasteiger partial charge in [0, 0.05) is 19.5 Å². The van der Waals surface area contributed by atoms with E-state index in [0.29, 0.717) is 26.3 Å². The number of nitrogens with zero attached hydrogens (tertiary/aromatic N) is 1. The summed E-state index contributed by atoms with van der Waals surface area (Å²) in [4.78, 5) is 26.2. The number of rotatable bonds is 6. The lowest BCUT2D eigenvalue weighted by atomic mass is 10.0. The largest absolute Gasteiger partial charge is 0.349 e. The number of benzene rings is 1. The summed E-state index contributed by atoms with van der Waals surface area (Å²) in [6.07, 6.45) is 3.37.